The molecule has 0 aliphatic carbocycles. The molecule has 0 saturated carbocycles. The zero-order valence-electron chi connectivity index (χ0n) is 12.1. The minimum absolute atomic E-state index is 0.258. The summed E-state index contributed by atoms with van der Waals surface area (Å²) in [6.07, 6.45) is 3.32. The molecule has 2 unspecified atom stereocenters. The normalized spacial score (nSPS) is 23.7. The van der Waals surface area contributed by atoms with Crippen LogP contribution < -0.4 is 10.5 Å². The summed E-state index contributed by atoms with van der Waals surface area (Å²) in [5.74, 6) is 0.958. The molecule has 0 radical (unpaired) electrons. The minimum Gasteiger partial charge on any atom is -0.494 e. The molecule has 0 aromatic heterocycles. The molecule has 1 heterocycles. The smallest absolute Gasteiger partial charge is 0.119 e. The van der Waals surface area contributed by atoms with Crippen LogP contribution in [-0.2, 0) is 0 Å². The van der Waals surface area contributed by atoms with Crippen molar-refractivity contribution in [3.63, 3.8) is 0 Å². The van der Waals surface area contributed by atoms with E-state index in [1.165, 1.54) is 12.0 Å². The maximum atomic E-state index is 6.28. The van der Waals surface area contributed by atoms with E-state index >= 15 is 0 Å². The highest BCUT2D eigenvalue weighted by Gasteiger charge is 2.31. The molecule has 3 nitrogen and oxygen atoms in total. The van der Waals surface area contributed by atoms with Gasteiger partial charge in [0.15, 0.2) is 0 Å². The lowest BCUT2D eigenvalue weighted by molar-refractivity contribution is 0.248. The lowest BCUT2D eigenvalue weighted by Crippen LogP contribution is -2.32. The van der Waals surface area contributed by atoms with Crippen LogP contribution in [-0.4, -0.2) is 30.6 Å². The topological polar surface area (TPSA) is 38.5 Å². The van der Waals surface area contributed by atoms with Crippen molar-refractivity contribution >= 4 is 0 Å². The van der Waals surface area contributed by atoms with Crippen LogP contribution in [0.2, 0.25) is 0 Å². The first-order chi connectivity index (χ1) is 9.26. The van der Waals surface area contributed by atoms with Crippen LogP contribution in [0.3, 0.4) is 0 Å². The van der Waals surface area contributed by atoms with Crippen LogP contribution in [0.15, 0.2) is 24.3 Å². The van der Waals surface area contributed by atoms with Crippen molar-refractivity contribution < 1.29 is 4.74 Å². The third-order valence-corrected chi connectivity index (χ3v) is 3.75. The van der Waals surface area contributed by atoms with E-state index in [0.29, 0.717) is 6.04 Å². The number of benzene rings is 1. The third-order valence-electron chi connectivity index (χ3n) is 3.75. The van der Waals surface area contributed by atoms with Crippen LogP contribution in [0.4, 0.5) is 0 Å². The summed E-state index contributed by atoms with van der Waals surface area (Å²) >= 11 is 0. The minimum atomic E-state index is 0.258. The first-order valence-electron chi connectivity index (χ1n) is 7.48. The Bertz CT molecular complexity index is 375. The van der Waals surface area contributed by atoms with Gasteiger partial charge in [-0.2, -0.15) is 0 Å². The number of rotatable bonds is 6. The van der Waals surface area contributed by atoms with Gasteiger partial charge < -0.3 is 10.5 Å². The second-order valence-corrected chi connectivity index (χ2v) is 5.35. The molecule has 1 aliphatic heterocycles. The Morgan fingerprint density at radius 2 is 1.95 bits per heavy atom. The molecule has 2 atom stereocenters. The predicted molar refractivity (Wildman–Crippen MR) is 79.4 cm³/mol. The fourth-order valence-corrected chi connectivity index (χ4v) is 2.86. The van der Waals surface area contributed by atoms with Crippen molar-refractivity contribution in [2.24, 2.45) is 5.73 Å². The lowest BCUT2D eigenvalue weighted by Gasteiger charge is -2.26. The molecule has 19 heavy (non-hydrogen) atoms. The van der Waals surface area contributed by atoms with E-state index in [1.54, 1.807) is 0 Å². The number of hydrogen-bond acceptors (Lipinski definition) is 3. The summed E-state index contributed by atoms with van der Waals surface area (Å²) in [5.41, 5.74) is 7.60. The molecular weight excluding hydrogens is 236 g/mol. The largest absolute Gasteiger partial charge is 0.494 e. The van der Waals surface area contributed by atoms with Crippen LogP contribution in [0.5, 0.6) is 5.75 Å². The second kappa shape index (κ2) is 6.92. The van der Waals surface area contributed by atoms with E-state index in [1.807, 2.05) is 0 Å². The van der Waals surface area contributed by atoms with Gasteiger partial charge in [-0.25, -0.2) is 0 Å². The molecule has 1 saturated heterocycles. The van der Waals surface area contributed by atoms with Gasteiger partial charge in [0.1, 0.15) is 5.75 Å². The van der Waals surface area contributed by atoms with Crippen molar-refractivity contribution in [1.29, 1.82) is 0 Å². The SMILES string of the molecule is CCCOc1ccc(C2C(N)CCN2CCC)cc1. The zero-order valence-corrected chi connectivity index (χ0v) is 12.1. The summed E-state index contributed by atoms with van der Waals surface area (Å²) in [6.45, 7) is 7.38. The molecule has 0 amide bonds. The molecule has 106 valence electrons. The maximum absolute atomic E-state index is 6.28. The highest BCUT2D eigenvalue weighted by molar-refractivity contribution is 5.30. The molecule has 0 bridgehead atoms. The summed E-state index contributed by atoms with van der Waals surface area (Å²) in [7, 11) is 0. The first-order valence-corrected chi connectivity index (χ1v) is 7.48. The number of likely N-dealkylation sites (tertiary alicyclic amines) is 1. The van der Waals surface area contributed by atoms with Crippen LogP contribution in [0.25, 0.3) is 0 Å². The van der Waals surface area contributed by atoms with Gasteiger partial charge in [0.2, 0.25) is 0 Å². The average Bonchev–Trinajstić information content (AvgIpc) is 2.79. The van der Waals surface area contributed by atoms with Gasteiger partial charge in [-0.15, -0.1) is 0 Å². The highest BCUT2D eigenvalue weighted by atomic mass is 16.5. The van der Waals surface area contributed by atoms with E-state index in [2.05, 4.69) is 43.0 Å². The summed E-state index contributed by atoms with van der Waals surface area (Å²) in [5, 5.41) is 0. The monoisotopic (exact) mass is 262 g/mol. The van der Waals surface area contributed by atoms with Crippen molar-refractivity contribution in [2.75, 3.05) is 19.7 Å². The average molecular weight is 262 g/mol. The van der Waals surface area contributed by atoms with E-state index in [0.717, 1.165) is 38.3 Å². The van der Waals surface area contributed by atoms with Gasteiger partial charge in [0, 0.05) is 18.6 Å². The maximum Gasteiger partial charge on any atom is 0.119 e. The predicted octanol–water partition coefficient (Wildman–Crippen LogP) is 2.96. The van der Waals surface area contributed by atoms with E-state index in [4.69, 9.17) is 10.5 Å². The number of hydrogen-bond donors (Lipinski definition) is 1. The van der Waals surface area contributed by atoms with Gasteiger partial charge in [-0.1, -0.05) is 26.0 Å². The lowest BCUT2D eigenvalue weighted by atomic mass is 10.0. The molecule has 2 rings (SSSR count). The molecule has 1 aromatic carbocycles. The van der Waals surface area contributed by atoms with Crippen LogP contribution >= 0.6 is 0 Å². The van der Waals surface area contributed by atoms with E-state index < -0.39 is 0 Å². The Balaban J connectivity index is 2.07. The van der Waals surface area contributed by atoms with Gasteiger partial charge in [-0.05, 0) is 43.5 Å². The quantitative estimate of drug-likeness (QED) is 0.856. The highest BCUT2D eigenvalue weighted by Crippen LogP contribution is 2.32. The third kappa shape index (κ3) is 3.48. The number of ether oxygens (including phenoxy) is 1. The zero-order chi connectivity index (χ0) is 13.7. The van der Waals surface area contributed by atoms with Crippen molar-refractivity contribution in [3.8, 4) is 5.75 Å². The Hall–Kier alpha value is -1.06. The van der Waals surface area contributed by atoms with E-state index in [9.17, 15) is 0 Å². The number of nitrogens with zero attached hydrogens (tertiary/aromatic N) is 1. The molecule has 0 spiro atoms. The second-order valence-electron chi connectivity index (χ2n) is 5.35. The molecule has 1 fully saturated rings. The Morgan fingerprint density at radius 1 is 1.21 bits per heavy atom. The first kappa shape index (κ1) is 14.4. The summed E-state index contributed by atoms with van der Waals surface area (Å²) in [4.78, 5) is 2.51. The fraction of sp³-hybridized carbons (Fsp3) is 0.625. The molecule has 2 N–H and O–H groups in total. The van der Waals surface area contributed by atoms with Crippen LogP contribution in [0, 0.1) is 0 Å². The van der Waals surface area contributed by atoms with Gasteiger partial charge in [-0.3, -0.25) is 4.90 Å². The van der Waals surface area contributed by atoms with Crippen molar-refractivity contribution in [2.45, 2.75) is 45.2 Å². The van der Waals surface area contributed by atoms with Crippen LogP contribution in [0.1, 0.15) is 44.7 Å². The Kier molecular flexibility index (Phi) is 5.23. The standard InChI is InChI=1S/C16H26N2O/c1-3-10-18-11-9-15(17)16(18)13-5-7-14(8-6-13)19-12-4-2/h5-8,15-16H,3-4,9-12,17H2,1-2H3. The summed E-state index contributed by atoms with van der Waals surface area (Å²) in [6, 6.07) is 9.11. The fourth-order valence-electron chi connectivity index (χ4n) is 2.86. The Morgan fingerprint density at radius 3 is 2.58 bits per heavy atom. The van der Waals surface area contributed by atoms with Crippen molar-refractivity contribution in [3.05, 3.63) is 29.8 Å². The Labute approximate surface area is 116 Å². The van der Waals surface area contributed by atoms with Gasteiger partial charge in [0.25, 0.3) is 0 Å². The summed E-state index contributed by atoms with van der Waals surface area (Å²) < 4.78 is 5.63. The molecule has 1 aromatic rings. The van der Waals surface area contributed by atoms with Crippen molar-refractivity contribution in [1.82, 2.24) is 4.90 Å². The number of nitrogens with two attached hydrogens (primary N) is 1. The van der Waals surface area contributed by atoms with Gasteiger partial charge >= 0.3 is 0 Å². The molecule has 1 aliphatic rings. The molecule has 3 heteroatoms. The molecular formula is C16H26N2O. The van der Waals surface area contributed by atoms with Gasteiger partial charge in [0.05, 0.1) is 6.61 Å². The van der Waals surface area contributed by atoms with E-state index in [-0.39, 0.29) is 6.04 Å².